The molecule has 1 aliphatic rings. The second-order valence-corrected chi connectivity index (χ2v) is 8.85. The second kappa shape index (κ2) is 11.0. The number of carbonyl (C=O) groups is 3. The van der Waals surface area contributed by atoms with Crippen molar-refractivity contribution in [2.75, 3.05) is 44.8 Å². The molecule has 0 unspecified atom stereocenters. The van der Waals surface area contributed by atoms with Gasteiger partial charge in [-0.25, -0.2) is 12.8 Å². The third-order valence-corrected chi connectivity index (χ3v) is 6.50. The van der Waals surface area contributed by atoms with Gasteiger partial charge in [0.15, 0.2) is 6.61 Å². The molecule has 0 saturated carbocycles. The zero-order chi connectivity index (χ0) is 23.8. The molecule has 1 saturated heterocycles. The van der Waals surface area contributed by atoms with Gasteiger partial charge in [0.2, 0.25) is 10.0 Å². The number of nitrogens with one attached hydrogen (secondary N) is 2. The number of hydrogen-bond acceptors (Lipinski definition) is 7. The van der Waals surface area contributed by atoms with E-state index in [9.17, 15) is 27.2 Å². The molecule has 10 nitrogen and oxygen atoms in total. The summed E-state index contributed by atoms with van der Waals surface area (Å²) in [5.41, 5.74) is -0.0202. The Balaban J connectivity index is 1.48. The maximum atomic E-state index is 13.6. The lowest BCUT2D eigenvalue weighted by atomic mass is 10.2. The summed E-state index contributed by atoms with van der Waals surface area (Å²) in [7, 11) is -3.74. The number of morpholine rings is 1. The van der Waals surface area contributed by atoms with Crippen molar-refractivity contribution >= 4 is 33.5 Å². The first kappa shape index (κ1) is 24.3. The van der Waals surface area contributed by atoms with Crippen LogP contribution in [-0.2, 0) is 29.1 Å². The zero-order valence-electron chi connectivity index (χ0n) is 17.5. The van der Waals surface area contributed by atoms with Gasteiger partial charge in [0.05, 0.1) is 23.7 Å². The van der Waals surface area contributed by atoms with E-state index in [2.05, 4.69) is 10.6 Å². The molecule has 1 fully saturated rings. The van der Waals surface area contributed by atoms with E-state index in [1.807, 2.05) is 0 Å². The third-order valence-electron chi connectivity index (χ3n) is 4.60. The summed E-state index contributed by atoms with van der Waals surface area (Å²) < 4.78 is 50.3. The molecule has 2 amide bonds. The molecule has 0 spiro atoms. The Labute approximate surface area is 189 Å². The summed E-state index contributed by atoms with van der Waals surface area (Å²) in [6.45, 7) is -0.128. The fourth-order valence-electron chi connectivity index (χ4n) is 2.96. The first-order chi connectivity index (χ1) is 15.8. The van der Waals surface area contributed by atoms with Crippen molar-refractivity contribution < 1.29 is 36.7 Å². The Morgan fingerprint density at radius 2 is 1.79 bits per heavy atom. The predicted octanol–water partition coefficient (Wildman–Crippen LogP) is 0.758. The minimum atomic E-state index is -3.74. The first-order valence-electron chi connectivity index (χ1n) is 9.93. The molecular weight excluding hydrogens is 457 g/mol. The van der Waals surface area contributed by atoms with Gasteiger partial charge in [-0.2, -0.15) is 4.31 Å². The number of sulfonamides is 1. The Hall–Kier alpha value is -3.35. The van der Waals surface area contributed by atoms with Crippen molar-refractivity contribution in [3.8, 4) is 0 Å². The van der Waals surface area contributed by atoms with E-state index in [0.717, 1.165) is 6.07 Å². The van der Waals surface area contributed by atoms with E-state index in [-0.39, 0.29) is 29.2 Å². The lowest BCUT2D eigenvalue weighted by Gasteiger charge is -2.26. The largest absolute Gasteiger partial charge is 0.454 e. The van der Waals surface area contributed by atoms with Crippen LogP contribution in [-0.4, -0.2) is 70.0 Å². The summed E-state index contributed by atoms with van der Waals surface area (Å²) in [6.07, 6.45) is 0. The Bertz CT molecular complexity index is 1130. The predicted molar refractivity (Wildman–Crippen MR) is 114 cm³/mol. The van der Waals surface area contributed by atoms with Gasteiger partial charge in [-0.1, -0.05) is 18.2 Å². The molecule has 2 N–H and O–H groups in total. The normalized spacial score (nSPS) is 14.3. The smallest absolute Gasteiger partial charge is 0.325 e. The molecule has 33 heavy (non-hydrogen) atoms. The maximum absolute atomic E-state index is 13.6. The van der Waals surface area contributed by atoms with E-state index >= 15 is 0 Å². The summed E-state index contributed by atoms with van der Waals surface area (Å²) in [5, 5.41) is 4.65. The highest BCUT2D eigenvalue weighted by molar-refractivity contribution is 7.89. The number of benzene rings is 2. The maximum Gasteiger partial charge on any atom is 0.325 e. The summed E-state index contributed by atoms with van der Waals surface area (Å²) in [5.74, 6) is -3.14. The minimum absolute atomic E-state index is 0.00931. The molecule has 0 bridgehead atoms. The average molecular weight is 479 g/mol. The van der Waals surface area contributed by atoms with Crippen molar-refractivity contribution in [3.05, 3.63) is 59.9 Å². The molecular formula is C21H22FN3O7S. The van der Waals surface area contributed by atoms with Crippen LogP contribution >= 0.6 is 0 Å². The fourth-order valence-corrected chi connectivity index (χ4v) is 4.41. The van der Waals surface area contributed by atoms with Crippen LogP contribution in [0.1, 0.15) is 10.4 Å². The Morgan fingerprint density at radius 3 is 2.52 bits per heavy atom. The van der Waals surface area contributed by atoms with E-state index in [1.54, 1.807) is 0 Å². The average Bonchev–Trinajstić information content (AvgIpc) is 2.82. The highest BCUT2D eigenvalue weighted by atomic mass is 32.2. The molecule has 0 aliphatic carbocycles. The van der Waals surface area contributed by atoms with Gasteiger partial charge >= 0.3 is 5.97 Å². The molecule has 0 radical (unpaired) electrons. The fraction of sp³-hybridized carbons (Fsp3) is 0.286. The second-order valence-electron chi connectivity index (χ2n) is 6.92. The molecule has 3 rings (SSSR count). The van der Waals surface area contributed by atoms with Crippen LogP contribution in [0.3, 0.4) is 0 Å². The topological polar surface area (TPSA) is 131 Å². The molecule has 176 valence electrons. The van der Waals surface area contributed by atoms with Crippen molar-refractivity contribution in [3.63, 3.8) is 0 Å². The first-order valence-corrected chi connectivity index (χ1v) is 11.4. The zero-order valence-corrected chi connectivity index (χ0v) is 18.3. The number of esters is 1. The third kappa shape index (κ3) is 6.57. The number of rotatable bonds is 8. The van der Waals surface area contributed by atoms with Gasteiger partial charge in [-0.15, -0.1) is 0 Å². The van der Waals surface area contributed by atoms with Gasteiger partial charge < -0.3 is 20.1 Å². The van der Waals surface area contributed by atoms with Crippen LogP contribution in [0, 0.1) is 5.82 Å². The van der Waals surface area contributed by atoms with E-state index in [1.165, 1.54) is 46.8 Å². The van der Waals surface area contributed by atoms with Crippen molar-refractivity contribution in [2.24, 2.45) is 0 Å². The molecule has 0 aromatic heterocycles. The Kier molecular flexibility index (Phi) is 8.09. The van der Waals surface area contributed by atoms with Crippen LogP contribution in [0.2, 0.25) is 0 Å². The van der Waals surface area contributed by atoms with Gasteiger partial charge in [-0.3, -0.25) is 14.4 Å². The standard InChI is InChI=1S/C21H22FN3O7S/c22-18-7-2-1-6-17(18)21(28)23-13-20(27)32-14-19(26)24-15-4-3-5-16(12-15)33(29,30)25-8-10-31-11-9-25/h1-7,12H,8-11,13-14H2,(H,23,28)(H,24,26). The van der Waals surface area contributed by atoms with Crippen LogP contribution in [0.4, 0.5) is 10.1 Å². The SMILES string of the molecule is O=C(COC(=O)CNC(=O)c1ccccc1F)Nc1cccc(S(=O)(=O)N2CCOCC2)c1. The van der Waals surface area contributed by atoms with Crippen molar-refractivity contribution in [1.82, 2.24) is 9.62 Å². The molecule has 2 aromatic rings. The highest BCUT2D eigenvalue weighted by Crippen LogP contribution is 2.20. The number of nitrogens with zero attached hydrogens (tertiary/aromatic N) is 1. The highest BCUT2D eigenvalue weighted by Gasteiger charge is 2.26. The molecule has 2 aromatic carbocycles. The van der Waals surface area contributed by atoms with E-state index in [0.29, 0.717) is 13.2 Å². The number of ether oxygens (including phenoxy) is 2. The number of amides is 2. The van der Waals surface area contributed by atoms with Gasteiger partial charge in [0.25, 0.3) is 11.8 Å². The molecule has 12 heteroatoms. The summed E-state index contributed by atoms with van der Waals surface area (Å²) in [6, 6.07) is 11.0. The van der Waals surface area contributed by atoms with Gasteiger partial charge in [0, 0.05) is 18.8 Å². The minimum Gasteiger partial charge on any atom is -0.454 e. The van der Waals surface area contributed by atoms with Crippen LogP contribution < -0.4 is 10.6 Å². The number of hydrogen-bond donors (Lipinski definition) is 2. The van der Waals surface area contributed by atoms with Crippen LogP contribution in [0.5, 0.6) is 0 Å². The van der Waals surface area contributed by atoms with Crippen LogP contribution in [0.15, 0.2) is 53.4 Å². The lowest BCUT2D eigenvalue weighted by Crippen LogP contribution is -2.40. The van der Waals surface area contributed by atoms with E-state index < -0.39 is 46.8 Å². The quantitative estimate of drug-likeness (QED) is 0.535. The monoisotopic (exact) mass is 479 g/mol. The van der Waals surface area contributed by atoms with Crippen molar-refractivity contribution in [2.45, 2.75) is 4.90 Å². The molecule has 1 aliphatic heterocycles. The summed E-state index contributed by atoms with van der Waals surface area (Å²) in [4.78, 5) is 35.7. The summed E-state index contributed by atoms with van der Waals surface area (Å²) >= 11 is 0. The Morgan fingerprint density at radius 1 is 1.06 bits per heavy atom. The lowest BCUT2D eigenvalue weighted by molar-refractivity contribution is -0.146. The van der Waals surface area contributed by atoms with E-state index in [4.69, 9.17) is 9.47 Å². The van der Waals surface area contributed by atoms with Crippen molar-refractivity contribution in [1.29, 1.82) is 0 Å². The number of carbonyl (C=O) groups excluding carboxylic acids is 3. The number of anilines is 1. The van der Waals surface area contributed by atoms with Gasteiger partial charge in [-0.05, 0) is 30.3 Å². The number of halogens is 1. The molecule has 0 atom stereocenters. The molecule has 1 heterocycles. The van der Waals surface area contributed by atoms with Gasteiger partial charge in [0.1, 0.15) is 12.4 Å². The van der Waals surface area contributed by atoms with Crippen LogP contribution in [0.25, 0.3) is 0 Å².